The molecule has 90 valence electrons. The number of hydrazone groups is 1. The van der Waals surface area contributed by atoms with Crippen molar-refractivity contribution in [1.82, 2.24) is 0 Å². The largest absolute Gasteiger partial charge is 0.389 e. The first-order chi connectivity index (χ1) is 8.75. The van der Waals surface area contributed by atoms with Crippen molar-refractivity contribution in [3.8, 4) is 0 Å². The van der Waals surface area contributed by atoms with Gasteiger partial charge in [0, 0.05) is 5.56 Å². The summed E-state index contributed by atoms with van der Waals surface area (Å²) in [7, 11) is 0. The molecule has 0 aliphatic rings. The lowest BCUT2D eigenvalue weighted by Crippen LogP contribution is -2.08. The summed E-state index contributed by atoms with van der Waals surface area (Å²) in [4.78, 5) is 0.404. The molecule has 3 nitrogen and oxygen atoms in total. The monoisotopic (exact) mass is 255 g/mol. The number of benzene rings is 2. The second kappa shape index (κ2) is 5.93. The molecule has 0 aliphatic heterocycles. The molecule has 0 saturated carbocycles. The van der Waals surface area contributed by atoms with Gasteiger partial charge in [0.15, 0.2) is 0 Å². The first-order valence-corrected chi connectivity index (χ1v) is 5.90. The number of nitrogens with two attached hydrogens (primary N) is 1. The van der Waals surface area contributed by atoms with Crippen LogP contribution in [-0.2, 0) is 0 Å². The van der Waals surface area contributed by atoms with Gasteiger partial charge < -0.3 is 5.73 Å². The van der Waals surface area contributed by atoms with Crippen molar-refractivity contribution in [3.05, 3.63) is 65.7 Å². The van der Waals surface area contributed by atoms with Crippen LogP contribution in [0.25, 0.3) is 0 Å². The van der Waals surface area contributed by atoms with Crippen molar-refractivity contribution in [2.24, 2.45) is 10.8 Å². The molecule has 2 rings (SSSR count). The zero-order valence-corrected chi connectivity index (χ0v) is 10.5. The highest BCUT2D eigenvalue weighted by Crippen LogP contribution is 2.05. The number of thiocarbonyl (C=S) groups is 1. The lowest BCUT2D eigenvalue weighted by molar-refractivity contribution is 1.35. The third kappa shape index (κ3) is 3.40. The smallest absolute Gasteiger partial charge is 0.103 e. The minimum Gasteiger partial charge on any atom is -0.389 e. The van der Waals surface area contributed by atoms with Gasteiger partial charge in [0.1, 0.15) is 4.99 Å². The Morgan fingerprint density at radius 1 is 1.06 bits per heavy atom. The minimum atomic E-state index is 0.404. The highest BCUT2D eigenvalue weighted by molar-refractivity contribution is 7.80. The second-order valence-electron chi connectivity index (χ2n) is 3.72. The maximum Gasteiger partial charge on any atom is 0.103 e. The Bertz CT molecular complexity index is 547. The average Bonchev–Trinajstić information content (AvgIpc) is 2.40. The maximum atomic E-state index is 5.53. The van der Waals surface area contributed by atoms with E-state index in [4.69, 9.17) is 18.0 Å². The summed E-state index contributed by atoms with van der Waals surface area (Å²) in [5.41, 5.74) is 11.3. The molecule has 0 amide bonds. The van der Waals surface area contributed by atoms with Gasteiger partial charge in [0.05, 0.1) is 11.9 Å². The van der Waals surface area contributed by atoms with Crippen molar-refractivity contribution >= 4 is 29.1 Å². The lowest BCUT2D eigenvalue weighted by Gasteiger charge is -2.00. The van der Waals surface area contributed by atoms with Crippen LogP contribution in [0.1, 0.15) is 11.1 Å². The Morgan fingerprint density at radius 2 is 1.72 bits per heavy atom. The van der Waals surface area contributed by atoms with E-state index >= 15 is 0 Å². The fourth-order valence-corrected chi connectivity index (χ4v) is 1.56. The van der Waals surface area contributed by atoms with Crippen molar-refractivity contribution < 1.29 is 0 Å². The molecule has 2 aromatic rings. The van der Waals surface area contributed by atoms with E-state index < -0.39 is 0 Å². The highest BCUT2D eigenvalue weighted by Gasteiger charge is 1.94. The van der Waals surface area contributed by atoms with Crippen LogP contribution in [-0.4, -0.2) is 11.2 Å². The average molecular weight is 255 g/mol. The molecule has 0 radical (unpaired) electrons. The van der Waals surface area contributed by atoms with Crippen LogP contribution in [0, 0.1) is 0 Å². The van der Waals surface area contributed by atoms with E-state index in [9.17, 15) is 0 Å². The molecule has 3 N–H and O–H groups in total. The molecule has 0 bridgehead atoms. The molecular formula is C14H13N3S. The molecule has 0 atom stereocenters. The number of nitrogens with one attached hydrogen (secondary N) is 1. The van der Waals surface area contributed by atoms with Crippen LogP contribution in [0.3, 0.4) is 0 Å². The fourth-order valence-electron chi connectivity index (χ4n) is 1.43. The van der Waals surface area contributed by atoms with E-state index in [1.54, 1.807) is 6.21 Å². The van der Waals surface area contributed by atoms with Crippen molar-refractivity contribution in [1.29, 1.82) is 0 Å². The quantitative estimate of drug-likeness (QED) is 0.502. The third-order valence-electron chi connectivity index (χ3n) is 2.38. The van der Waals surface area contributed by atoms with Gasteiger partial charge in [-0.15, -0.1) is 0 Å². The summed E-state index contributed by atoms with van der Waals surface area (Å²) in [6.45, 7) is 0. The number of anilines is 1. The van der Waals surface area contributed by atoms with Crippen LogP contribution in [0.5, 0.6) is 0 Å². The van der Waals surface area contributed by atoms with Gasteiger partial charge >= 0.3 is 0 Å². The van der Waals surface area contributed by atoms with E-state index in [1.807, 2.05) is 54.6 Å². The van der Waals surface area contributed by atoms with E-state index in [-0.39, 0.29) is 0 Å². The first kappa shape index (κ1) is 12.3. The molecule has 0 unspecified atom stereocenters. The van der Waals surface area contributed by atoms with Crippen molar-refractivity contribution in [2.45, 2.75) is 0 Å². The molecule has 2 aromatic carbocycles. The van der Waals surface area contributed by atoms with Crippen LogP contribution in [0.2, 0.25) is 0 Å². The van der Waals surface area contributed by atoms with Crippen LogP contribution < -0.4 is 11.2 Å². The topological polar surface area (TPSA) is 50.4 Å². The van der Waals surface area contributed by atoms with Gasteiger partial charge in [0.2, 0.25) is 0 Å². The first-order valence-electron chi connectivity index (χ1n) is 5.50. The molecule has 0 saturated heterocycles. The Morgan fingerprint density at radius 3 is 2.33 bits per heavy atom. The number of nitrogens with zero attached hydrogens (tertiary/aromatic N) is 1. The predicted octanol–water partition coefficient (Wildman–Crippen LogP) is 2.77. The van der Waals surface area contributed by atoms with Crippen LogP contribution >= 0.6 is 12.2 Å². The lowest BCUT2D eigenvalue weighted by atomic mass is 10.1. The van der Waals surface area contributed by atoms with Crippen LogP contribution in [0.4, 0.5) is 5.69 Å². The molecule has 18 heavy (non-hydrogen) atoms. The normalized spacial score (nSPS) is 10.4. The Labute approximate surface area is 111 Å². The number of hydrogen-bond acceptors (Lipinski definition) is 3. The standard InChI is InChI=1S/C14H13N3S/c15-14(18)12-8-6-11(7-9-12)10-16-17-13-4-2-1-3-5-13/h1-10,17H,(H2,15,18)/b16-10+. The van der Waals surface area contributed by atoms with Gasteiger partial charge in [-0.3, -0.25) is 5.43 Å². The Kier molecular flexibility index (Phi) is 4.04. The van der Waals surface area contributed by atoms with Gasteiger partial charge in [-0.25, -0.2) is 0 Å². The zero-order chi connectivity index (χ0) is 12.8. The zero-order valence-electron chi connectivity index (χ0n) is 9.71. The maximum absolute atomic E-state index is 5.53. The SMILES string of the molecule is NC(=S)c1ccc(/C=N/Nc2ccccc2)cc1. The number of hydrogen-bond donors (Lipinski definition) is 2. The van der Waals surface area contributed by atoms with E-state index in [1.165, 1.54) is 0 Å². The van der Waals surface area contributed by atoms with Crippen molar-refractivity contribution in [3.63, 3.8) is 0 Å². The summed E-state index contributed by atoms with van der Waals surface area (Å²) < 4.78 is 0. The van der Waals surface area contributed by atoms with Gasteiger partial charge in [0.25, 0.3) is 0 Å². The molecule has 4 heteroatoms. The van der Waals surface area contributed by atoms with E-state index in [0.717, 1.165) is 16.8 Å². The minimum absolute atomic E-state index is 0.404. The fraction of sp³-hybridized carbons (Fsp3) is 0. The Hall–Kier alpha value is -2.20. The predicted molar refractivity (Wildman–Crippen MR) is 80.0 cm³/mol. The summed E-state index contributed by atoms with van der Waals surface area (Å²) in [5, 5.41) is 4.15. The molecular weight excluding hydrogens is 242 g/mol. The van der Waals surface area contributed by atoms with Gasteiger partial charge in [-0.2, -0.15) is 5.10 Å². The van der Waals surface area contributed by atoms with Crippen molar-refractivity contribution in [2.75, 3.05) is 5.43 Å². The van der Waals surface area contributed by atoms with E-state index in [2.05, 4.69) is 10.5 Å². The number of para-hydroxylation sites is 1. The molecule has 0 spiro atoms. The molecule has 0 heterocycles. The number of rotatable bonds is 4. The summed E-state index contributed by atoms with van der Waals surface area (Å²) >= 11 is 4.89. The summed E-state index contributed by atoms with van der Waals surface area (Å²) in [6.07, 6.45) is 1.75. The molecule has 0 aliphatic carbocycles. The summed E-state index contributed by atoms with van der Waals surface area (Å²) in [5.74, 6) is 0. The summed E-state index contributed by atoms with van der Waals surface area (Å²) in [6, 6.07) is 17.4. The molecule has 0 fully saturated rings. The van der Waals surface area contributed by atoms with Gasteiger partial charge in [-0.05, 0) is 17.7 Å². The van der Waals surface area contributed by atoms with E-state index in [0.29, 0.717) is 4.99 Å². The third-order valence-corrected chi connectivity index (χ3v) is 2.61. The second-order valence-corrected chi connectivity index (χ2v) is 4.16. The molecule has 0 aromatic heterocycles. The van der Waals surface area contributed by atoms with Gasteiger partial charge in [-0.1, -0.05) is 54.7 Å². The van der Waals surface area contributed by atoms with Crippen LogP contribution in [0.15, 0.2) is 59.7 Å². The Balaban J connectivity index is 1.99. The highest BCUT2D eigenvalue weighted by atomic mass is 32.1.